The van der Waals surface area contributed by atoms with E-state index in [-0.39, 0.29) is 17.0 Å². The Balaban J connectivity index is 2.24. The Morgan fingerprint density at radius 1 is 1.42 bits per heavy atom. The highest BCUT2D eigenvalue weighted by molar-refractivity contribution is 5.94. The Bertz CT molecular complexity index is 651. The van der Waals surface area contributed by atoms with Crippen LogP contribution in [0.15, 0.2) is 24.3 Å². The summed E-state index contributed by atoms with van der Waals surface area (Å²) in [5.41, 5.74) is 0.422. The summed E-state index contributed by atoms with van der Waals surface area (Å²) in [6.07, 6.45) is 0.820. The lowest BCUT2D eigenvalue weighted by Gasteiger charge is -2.16. The van der Waals surface area contributed by atoms with Crippen LogP contribution >= 0.6 is 0 Å². The second-order valence-electron chi connectivity index (χ2n) is 4.35. The fraction of sp³-hybridized carbons (Fsp3) is 0.231. The van der Waals surface area contributed by atoms with Gasteiger partial charge in [-0.25, -0.2) is 14.2 Å². The van der Waals surface area contributed by atoms with Crippen LogP contribution in [0.2, 0.25) is 0 Å². The maximum absolute atomic E-state index is 13.8. The van der Waals surface area contributed by atoms with E-state index in [0.29, 0.717) is 12.5 Å². The maximum atomic E-state index is 13.8. The van der Waals surface area contributed by atoms with Crippen LogP contribution < -0.4 is 5.32 Å². The number of carboxylic acid groups (broad SMARTS) is 1. The standard InChI is InChI=1S/C13H12FN3O2/c14-9-5-2-1-4-8(9)10-11(12(18)19)17-7-3-6-15-13(17)16-10/h1-2,4-5H,3,6-7H2,(H,15,16)(H,18,19). The molecule has 0 saturated carbocycles. The third kappa shape index (κ3) is 1.85. The normalized spacial score (nSPS) is 13.7. The van der Waals surface area contributed by atoms with Crippen LogP contribution in [0.3, 0.4) is 0 Å². The van der Waals surface area contributed by atoms with E-state index in [1.165, 1.54) is 12.1 Å². The van der Waals surface area contributed by atoms with Gasteiger partial charge in [0.15, 0.2) is 5.69 Å². The molecule has 0 atom stereocenters. The van der Waals surface area contributed by atoms with Gasteiger partial charge in [-0.2, -0.15) is 0 Å². The van der Waals surface area contributed by atoms with Gasteiger partial charge in [-0.3, -0.25) is 0 Å². The van der Waals surface area contributed by atoms with E-state index >= 15 is 0 Å². The molecular formula is C13H12FN3O2. The number of carboxylic acids is 1. The molecule has 0 saturated heterocycles. The number of halogens is 1. The maximum Gasteiger partial charge on any atom is 0.354 e. The monoisotopic (exact) mass is 261 g/mol. The summed E-state index contributed by atoms with van der Waals surface area (Å²) < 4.78 is 15.4. The van der Waals surface area contributed by atoms with E-state index in [1.54, 1.807) is 16.7 Å². The third-order valence-corrected chi connectivity index (χ3v) is 3.14. The fourth-order valence-corrected chi connectivity index (χ4v) is 2.30. The van der Waals surface area contributed by atoms with E-state index in [2.05, 4.69) is 10.3 Å². The van der Waals surface area contributed by atoms with Gasteiger partial charge in [0.25, 0.3) is 0 Å². The summed E-state index contributed by atoms with van der Waals surface area (Å²) >= 11 is 0. The van der Waals surface area contributed by atoms with Gasteiger partial charge in [0.2, 0.25) is 5.95 Å². The van der Waals surface area contributed by atoms with Gasteiger partial charge in [0.1, 0.15) is 11.5 Å². The Kier molecular flexibility index (Phi) is 2.70. The third-order valence-electron chi connectivity index (χ3n) is 3.14. The van der Waals surface area contributed by atoms with Crippen molar-refractivity contribution in [3.8, 4) is 11.3 Å². The zero-order valence-corrected chi connectivity index (χ0v) is 10.1. The van der Waals surface area contributed by atoms with Crippen molar-refractivity contribution in [3.05, 3.63) is 35.8 Å². The molecule has 5 nitrogen and oxygen atoms in total. The Labute approximate surface area is 108 Å². The highest BCUT2D eigenvalue weighted by Crippen LogP contribution is 2.30. The van der Waals surface area contributed by atoms with E-state index in [4.69, 9.17) is 0 Å². The van der Waals surface area contributed by atoms with E-state index < -0.39 is 11.8 Å². The van der Waals surface area contributed by atoms with Gasteiger partial charge in [0.05, 0.1) is 0 Å². The molecular weight excluding hydrogens is 249 g/mol. The molecule has 1 aliphatic heterocycles. The average Bonchev–Trinajstić information content (AvgIpc) is 2.78. The van der Waals surface area contributed by atoms with Gasteiger partial charge in [-0.1, -0.05) is 12.1 Å². The zero-order chi connectivity index (χ0) is 13.4. The molecule has 2 N–H and O–H groups in total. The predicted molar refractivity (Wildman–Crippen MR) is 67.7 cm³/mol. The smallest absolute Gasteiger partial charge is 0.354 e. The minimum Gasteiger partial charge on any atom is -0.477 e. The van der Waals surface area contributed by atoms with E-state index in [9.17, 15) is 14.3 Å². The first-order valence-electron chi connectivity index (χ1n) is 6.01. The molecule has 0 amide bonds. The molecule has 1 aromatic carbocycles. The van der Waals surface area contributed by atoms with Crippen molar-refractivity contribution in [1.29, 1.82) is 0 Å². The molecule has 6 heteroatoms. The summed E-state index contributed by atoms with van der Waals surface area (Å²) in [6.45, 7) is 1.32. The number of fused-ring (bicyclic) bond motifs is 1. The minimum absolute atomic E-state index is 0.0345. The second kappa shape index (κ2) is 4.38. The van der Waals surface area contributed by atoms with Crippen LogP contribution in [0.5, 0.6) is 0 Å². The number of aromatic nitrogens is 2. The number of hydrogen-bond donors (Lipinski definition) is 2. The van der Waals surface area contributed by atoms with Crippen molar-refractivity contribution in [2.45, 2.75) is 13.0 Å². The number of aromatic carboxylic acids is 1. The van der Waals surface area contributed by atoms with Gasteiger partial charge in [-0.15, -0.1) is 0 Å². The van der Waals surface area contributed by atoms with Crippen LogP contribution in [0.4, 0.5) is 10.3 Å². The first kappa shape index (κ1) is 11.7. The molecule has 98 valence electrons. The fourth-order valence-electron chi connectivity index (χ4n) is 2.30. The summed E-state index contributed by atoms with van der Waals surface area (Å²) in [5.74, 6) is -1.08. The van der Waals surface area contributed by atoms with Crippen LogP contribution in [-0.4, -0.2) is 27.2 Å². The van der Waals surface area contributed by atoms with Crippen LogP contribution in [0.25, 0.3) is 11.3 Å². The van der Waals surface area contributed by atoms with E-state index in [1.807, 2.05) is 0 Å². The van der Waals surface area contributed by atoms with Gasteiger partial charge >= 0.3 is 5.97 Å². The summed E-state index contributed by atoms with van der Waals surface area (Å²) in [5, 5.41) is 12.4. The van der Waals surface area contributed by atoms with Gasteiger partial charge in [-0.05, 0) is 18.6 Å². The first-order chi connectivity index (χ1) is 9.18. The van der Waals surface area contributed by atoms with Crippen molar-refractivity contribution in [1.82, 2.24) is 9.55 Å². The lowest BCUT2D eigenvalue weighted by atomic mass is 10.1. The largest absolute Gasteiger partial charge is 0.477 e. The van der Waals surface area contributed by atoms with Crippen molar-refractivity contribution in [2.24, 2.45) is 0 Å². The topological polar surface area (TPSA) is 67.1 Å². The molecule has 0 spiro atoms. The van der Waals surface area contributed by atoms with E-state index in [0.717, 1.165) is 13.0 Å². The first-order valence-corrected chi connectivity index (χ1v) is 6.01. The van der Waals surface area contributed by atoms with Gasteiger partial charge in [0, 0.05) is 18.7 Å². The number of hydrogen-bond acceptors (Lipinski definition) is 3. The summed E-state index contributed by atoms with van der Waals surface area (Å²) in [6, 6.07) is 6.06. The van der Waals surface area contributed by atoms with Gasteiger partial charge < -0.3 is 15.0 Å². The molecule has 1 aliphatic rings. The molecule has 2 aromatic rings. The minimum atomic E-state index is -1.10. The summed E-state index contributed by atoms with van der Waals surface area (Å²) in [4.78, 5) is 15.7. The molecule has 0 radical (unpaired) electrons. The molecule has 0 unspecified atom stereocenters. The number of nitrogens with one attached hydrogen (secondary N) is 1. The zero-order valence-electron chi connectivity index (χ0n) is 10.1. The SMILES string of the molecule is O=C(O)c1c(-c2ccccc2F)nc2n1CCCN2. The molecule has 0 fully saturated rings. The summed E-state index contributed by atoms with van der Waals surface area (Å²) in [7, 11) is 0. The van der Waals surface area contributed by atoms with Crippen molar-refractivity contribution < 1.29 is 14.3 Å². The van der Waals surface area contributed by atoms with Crippen molar-refractivity contribution in [3.63, 3.8) is 0 Å². The van der Waals surface area contributed by atoms with Crippen LogP contribution in [0, 0.1) is 5.82 Å². The highest BCUT2D eigenvalue weighted by Gasteiger charge is 2.26. The molecule has 0 aliphatic carbocycles. The molecule has 19 heavy (non-hydrogen) atoms. The van der Waals surface area contributed by atoms with Crippen LogP contribution in [0.1, 0.15) is 16.9 Å². The second-order valence-corrected chi connectivity index (χ2v) is 4.35. The molecule has 2 heterocycles. The Morgan fingerprint density at radius 2 is 2.21 bits per heavy atom. The quantitative estimate of drug-likeness (QED) is 0.869. The molecule has 1 aromatic heterocycles. The van der Waals surface area contributed by atoms with Crippen molar-refractivity contribution >= 4 is 11.9 Å². The number of anilines is 1. The Hall–Kier alpha value is -2.37. The molecule has 3 rings (SSSR count). The Morgan fingerprint density at radius 3 is 2.95 bits per heavy atom. The number of carbonyl (C=O) groups is 1. The lowest BCUT2D eigenvalue weighted by molar-refractivity contribution is 0.0686. The number of benzene rings is 1. The predicted octanol–water partition coefficient (Wildman–Crippen LogP) is 2.20. The van der Waals surface area contributed by atoms with Crippen molar-refractivity contribution in [2.75, 3.05) is 11.9 Å². The average molecular weight is 261 g/mol. The van der Waals surface area contributed by atoms with Crippen LogP contribution in [-0.2, 0) is 6.54 Å². The number of nitrogens with zero attached hydrogens (tertiary/aromatic N) is 2. The lowest BCUT2D eigenvalue weighted by Crippen LogP contribution is -2.20. The number of rotatable bonds is 2. The molecule has 0 bridgehead atoms. The number of imidazole rings is 1. The highest BCUT2D eigenvalue weighted by atomic mass is 19.1.